The Bertz CT molecular complexity index is 187. The Morgan fingerprint density at radius 1 is 1.57 bits per heavy atom. The Kier molecular flexibility index (Phi) is 10.4. The van der Waals surface area contributed by atoms with Crippen molar-refractivity contribution >= 4 is 29.8 Å². The molecule has 0 unspecified atom stereocenters. The Morgan fingerprint density at radius 3 is 2.57 bits per heavy atom. The van der Waals surface area contributed by atoms with Gasteiger partial charge in [0.25, 0.3) is 0 Å². The zero-order chi connectivity index (χ0) is 10.3. The number of alkyl halides is 1. The van der Waals surface area contributed by atoms with Crippen molar-refractivity contribution in [3.63, 3.8) is 0 Å². The third kappa shape index (κ3) is 8.16. The molecule has 0 aromatic heterocycles. The normalized spacial score (nSPS) is 11.3. The zero-order valence-corrected chi connectivity index (χ0v) is 9.53. The Balaban J connectivity index is 0. The predicted molar refractivity (Wildman–Crippen MR) is 61.5 cm³/mol. The van der Waals surface area contributed by atoms with E-state index in [-0.39, 0.29) is 24.1 Å². The van der Waals surface area contributed by atoms with E-state index in [4.69, 9.17) is 23.1 Å². The topological polar surface area (TPSA) is 81.1 Å². The summed E-state index contributed by atoms with van der Waals surface area (Å²) in [4.78, 5) is 10.9. The molecule has 0 saturated heterocycles. The molecule has 0 heterocycles. The molecular formula is C8H17Cl2N3O. The summed E-state index contributed by atoms with van der Waals surface area (Å²) in [7, 11) is 0. The number of hydrogen-bond acceptors (Lipinski definition) is 4. The molecule has 14 heavy (non-hydrogen) atoms. The fourth-order valence-electron chi connectivity index (χ4n) is 0.831. The molecule has 0 saturated carbocycles. The highest BCUT2D eigenvalue weighted by Gasteiger charge is 2.10. The molecule has 0 aromatic rings. The van der Waals surface area contributed by atoms with Gasteiger partial charge in [0.1, 0.15) is 0 Å². The van der Waals surface area contributed by atoms with Crippen LogP contribution in [0.2, 0.25) is 0 Å². The first-order valence-electron chi connectivity index (χ1n) is 4.10. The standard InChI is InChI=1S/C8H16ClN3O.ClH/c1-6(10)12-4-2-3-7(11)8(13)5-9;/h7,12H,1-5,10-11H2;1H/t7-;/m0./s1. The summed E-state index contributed by atoms with van der Waals surface area (Å²) in [6, 6.07) is -0.453. The van der Waals surface area contributed by atoms with Crippen LogP contribution in [-0.2, 0) is 4.79 Å². The molecule has 84 valence electrons. The SMILES string of the molecule is C=C(N)NCCC[C@H](N)C(=O)CCl.Cl. The number of halogens is 2. The fourth-order valence-corrected chi connectivity index (χ4v) is 1.03. The van der Waals surface area contributed by atoms with Crippen molar-refractivity contribution in [1.82, 2.24) is 5.32 Å². The minimum Gasteiger partial charge on any atom is -0.386 e. The Hall–Kier alpha value is -0.450. The fraction of sp³-hybridized carbons (Fsp3) is 0.625. The molecular weight excluding hydrogens is 225 g/mol. The number of carbonyl (C=O) groups is 1. The van der Waals surface area contributed by atoms with E-state index in [1.807, 2.05) is 0 Å². The molecule has 0 spiro atoms. The van der Waals surface area contributed by atoms with Gasteiger partial charge in [0.2, 0.25) is 0 Å². The van der Waals surface area contributed by atoms with Crippen LogP contribution in [-0.4, -0.2) is 24.2 Å². The van der Waals surface area contributed by atoms with Crippen molar-refractivity contribution in [2.45, 2.75) is 18.9 Å². The highest BCUT2D eigenvalue weighted by Crippen LogP contribution is 1.96. The lowest BCUT2D eigenvalue weighted by atomic mass is 10.1. The van der Waals surface area contributed by atoms with E-state index < -0.39 is 6.04 Å². The zero-order valence-electron chi connectivity index (χ0n) is 7.96. The molecule has 0 aliphatic rings. The maximum absolute atomic E-state index is 10.9. The number of nitrogens with one attached hydrogen (secondary N) is 1. The van der Waals surface area contributed by atoms with Crippen LogP contribution in [0.4, 0.5) is 0 Å². The molecule has 0 radical (unpaired) electrons. The van der Waals surface area contributed by atoms with Gasteiger partial charge in [-0.2, -0.15) is 0 Å². The van der Waals surface area contributed by atoms with E-state index in [2.05, 4.69) is 11.9 Å². The maximum Gasteiger partial charge on any atom is 0.164 e. The minimum atomic E-state index is -0.453. The van der Waals surface area contributed by atoms with Crippen LogP contribution in [0.1, 0.15) is 12.8 Å². The summed E-state index contributed by atoms with van der Waals surface area (Å²) in [5, 5.41) is 2.84. The lowest BCUT2D eigenvalue weighted by Gasteiger charge is -2.09. The molecule has 5 N–H and O–H groups in total. The lowest BCUT2D eigenvalue weighted by Crippen LogP contribution is -2.32. The van der Waals surface area contributed by atoms with Crippen LogP contribution in [0.25, 0.3) is 0 Å². The van der Waals surface area contributed by atoms with E-state index >= 15 is 0 Å². The van der Waals surface area contributed by atoms with Crippen molar-refractivity contribution in [2.24, 2.45) is 11.5 Å². The first-order valence-corrected chi connectivity index (χ1v) is 4.64. The van der Waals surface area contributed by atoms with Crippen molar-refractivity contribution in [2.75, 3.05) is 12.4 Å². The number of rotatable bonds is 7. The summed E-state index contributed by atoms with van der Waals surface area (Å²) in [6.45, 7) is 4.15. The van der Waals surface area contributed by atoms with Crippen molar-refractivity contribution in [1.29, 1.82) is 0 Å². The summed E-state index contributed by atoms with van der Waals surface area (Å²) in [5.74, 6) is 0.295. The number of carbonyl (C=O) groups excluding carboxylic acids is 1. The third-order valence-electron chi connectivity index (χ3n) is 1.59. The molecule has 0 bridgehead atoms. The summed E-state index contributed by atoms with van der Waals surface area (Å²) >= 11 is 5.33. The monoisotopic (exact) mass is 241 g/mol. The summed E-state index contributed by atoms with van der Waals surface area (Å²) < 4.78 is 0. The molecule has 6 heteroatoms. The van der Waals surface area contributed by atoms with Gasteiger partial charge in [0.05, 0.1) is 17.7 Å². The molecule has 0 fully saturated rings. The highest BCUT2D eigenvalue weighted by molar-refractivity contribution is 6.28. The average Bonchev–Trinajstić information content (AvgIpc) is 2.10. The quantitative estimate of drug-likeness (QED) is 0.444. The predicted octanol–water partition coefficient (Wildman–Crippen LogP) is 0.343. The molecule has 4 nitrogen and oxygen atoms in total. The third-order valence-corrected chi connectivity index (χ3v) is 1.85. The molecule has 0 aliphatic carbocycles. The van der Waals surface area contributed by atoms with Gasteiger partial charge >= 0.3 is 0 Å². The molecule has 0 aliphatic heterocycles. The van der Waals surface area contributed by atoms with Gasteiger partial charge in [-0.3, -0.25) is 4.79 Å². The van der Waals surface area contributed by atoms with Crippen LogP contribution < -0.4 is 16.8 Å². The van der Waals surface area contributed by atoms with Gasteiger partial charge in [-0.05, 0) is 12.8 Å². The second-order valence-corrected chi connectivity index (χ2v) is 3.07. The average molecular weight is 242 g/mol. The summed E-state index contributed by atoms with van der Waals surface area (Å²) in [6.07, 6.45) is 1.39. The first kappa shape index (κ1) is 16.0. The second-order valence-electron chi connectivity index (χ2n) is 2.80. The van der Waals surface area contributed by atoms with Gasteiger partial charge in [-0.25, -0.2) is 0 Å². The molecule has 0 amide bonds. The van der Waals surface area contributed by atoms with Crippen molar-refractivity contribution in [3.05, 3.63) is 12.4 Å². The van der Waals surface area contributed by atoms with E-state index in [0.717, 1.165) is 6.42 Å². The van der Waals surface area contributed by atoms with E-state index in [9.17, 15) is 4.79 Å². The van der Waals surface area contributed by atoms with E-state index in [1.165, 1.54) is 0 Å². The van der Waals surface area contributed by atoms with Crippen LogP contribution in [0, 0.1) is 0 Å². The minimum absolute atomic E-state index is 0. The smallest absolute Gasteiger partial charge is 0.164 e. The number of ketones is 1. The Labute approximate surface area is 95.5 Å². The summed E-state index contributed by atoms with van der Waals surface area (Å²) in [5.41, 5.74) is 10.8. The van der Waals surface area contributed by atoms with E-state index in [0.29, 0.717) is 18.8 Å². The van der Waals surface area contributed by atoms with E-state index in [1.54, 1.807) is 0 Å². The van der Waals surface area contributed by atoms with Crippen LogP contribution >= 0.6 is 24.0 Å². The van der Waals surface area contributed by atoms with Gasteiger partial charge in [0.15, 0.2) is 5.78 Å². The number of hydrogen-bond donors (Lipinski definition) is 3. The van der Waals surface area contributed by atoms with Crippen LogP contribution in [0.5, 0.6) is 0 Å². The molecule has 0 rings (SSSR count). The van der Waals surface area contributed by atoms with Crippen molar-refractivity contribution in [3.8, 4) is 0 Å². The molecule has 1 atom stereocenters. The van der Waals surface area contributed by atoms with Gasteiger partial charge in [-0.15, -0.1) is 24.0 Å². The largest absolute Gasteiger partial charge is 0.386 e. The second kappa shape index (κ2) is 9.12. The van der Waals surface area contributed by atoms with Gasteiger partial charge < -0.3 is 16.8 Å². The van der Waals surface area contributed by atoms with Crippen LogP contribution in [0.15, 0.2) is 12.4 Å². The number of Topliss-reactive ketones (excluding diaryl/α,β-unsaturated/α-hetero) is 1. The van der Waals surface area contributed by atoms with Gasteiger partial charge in [-0.1, -0.05) is 6.58 Å². The highest BCUT2D eigenvalue weighted by atomic mass is 35.5. The first-order chi connectivity index (χ1) is 6.07. The number of nitrogens with two attached hydrogens (primary N) is 2. The Morgan fingerprint density at radius 2 is 2.14 bits per heavy atom. The van der Waals surface area contributed by atoms with Crippen molar-refractivity contribution < 1.29 is 4.79 Å². The van der Waals surface area contributed by atoms with Gasteiger partial charge in [0, 0.05) is 6.54 Å². The molecule has 0 aromatic carbocycles. The lowest BCUT2D eigenvalue weighted by molar-refractivity contribution is -0.118. The van der Waals surface area contributed by atoms with Crippen LogP contribution in [0.3, 0.4) is 0 Å². The maximum atomic E-state index is 10.9.